The van der Waals surface area contributed by atoms with Crippen molar-refractivity contribution in [2.45, 2.75) is 20.4 Å². The minimum atomic E-state index is -0.121. The molecule has 2 aromatic heterocycles. The summed E-state index contributed by atoms with van der Waals surface area (Å²) in [4.78, 5) is 11.9. The van der Waals surface area contributed by atoms with Gasteiger partial charge < -0.3 is 5.32 Å². The summed E-state index contributed by atoms with van der Waals surface area (Å²) in [6.07, 6.45) is 1.58. The van der Waals surface area contributed by atoms with Crippen LogP contribution in [0.3, 0.4) is 0 Å². The Bertz CT molecular complexity index is 562. The number of aromatic nitrogens is 4. The number of aryl methyl sites for hydroxylation is 3. The lowest BCUT2D eigenvalue weighted by Crippen LogP contribution is -2.23. The van der Waals surface area contributed by atoms with Gasteiger partial charge in [0.2, 0.25) is 0 Å². The van der Waals surface area contributed by atoms with Crippen molar-refractivity contribution >= 4 is 5.91 Å². The number of hydrogen-bond donors (Lipinski definition) is 1. The van der Waals surface area contributed by atoms with E-state index in [0.29, 0.717) is 12.1 Å². The second kappa shape index (κ2) is 4.64. The van der Waals surface area contributed by atoms with Crippen molar-refractivity contribution in [1.29, 1.82) is 0 Å². The Kier molecular flexibility index (Phi) is 3.18. The van der Waals surface area contributed by atoms with E-state index < -0.39 is 0 Å². The van der Waals surface area contributed by atoms with E-state index in [1.54, 1.807) is 15.6 Å². The SMILES string of the molecule is Cc1cc(CNC(=O)c2cnn(C)c2C)nn1C. The van der Waals surface area contributed by atoms with E-state index in [4.69, 9.17) is 0 Å². The van der Waals surface area contributed by atoms with Crippen LogP contribution in [0.5, 0.6) is 0 Å². The summed E-state index contributed by atoms with van der Waals surface area (Å²) in [5, 5.41) is 11.2. The molecule has 96 valence electrons. The fourth-order valence-electron chi connectivity index (χ4n) is 1.71. The predicted molar refractivity (Wildman–Crippen MR) is 67.1 cm³/mol. The summed E-state index contributed by atoms with van der Waals surface area (Å²) in [5.74, 6) is -0.121. The number of carbonyl (C=O) groups excluding carboxylic acids is 1. The molecular weight excluding hydrogens is 230 g/mol. The van der Waals surface area contributed by atoms with Gasteiger partial charge in [-0.2, -0.15) is 10.2 Å². The van der Waals surface area contributed by atoms with Gasteiger partial charge in [-0.1, -0.05) is 0 Å². The van der Waals surface area contributed by atoms with Crippen molar-refractivity contribution in [3.8, 4) is 0 Å². The zero-order valence-corrected chi connectivity index (χ0v) is 11.1. The maximum Gasteiger partial charge on any atom is 0.255 e. The van der Waals surface area contributed by atoms with Crippen molar-refractivity contribution in [3.05, 3.63) is 34.9 Å². The molecule has 0 unspecified atom stereocenters. The largest absolute Gasteiger partial charge is 0.346 e. The molecule has 1 N–H and O–H groups in total. The quantitative estimate of drug-likeness (QED) is 0.868. The van der Waals surface area contributed by atoms with Crippen molar-refractivity contribution < 1.29 is 4.79 Å². The van der Waals surface area contributed by atoms with Gasteiger partial charge in [-0.3, -0.25) is 14.2 Å². The third-order valence-electron chi connectivity index (χ3n) is 3.07. The monoisotopic (exact) mass is 247 g/mol. The second-order valence-corrected chi connectivity index (χ2v) is 4.35. The Balaban J connectivity index is 2.02. The van der Waals surface area contributed by atoms with E-state index in [0.717, 1.165) is 17.1 Å². The highest BCUT2D eigenvalue weighted by Gasteiger charge is 2.12. The third-order valence-corrected chi connectivity index (χ3v) is 3.07. The van der Waals surface area contributed by atoms with Crippen molar-refractivity contribution in [2.75, 3.05) is 0 Å². The molecule has 2 heterocycles. The molecule has 0 spiro atoms. The molecule has 2 rings (SSSR count). The van der Waals surface area contributed by atoms with Crippen LogP contribution < -0.4 is 5.32 Å². The van der Waals surface area contributed by atoms with Gasteiger partial charge >= 0.3 is 0 Å². The summed E-state index contributed by atoms with van der Waals surface area (Å²) < 4.78 is 3.47. The lowest BCUT2D eigenvalue weighted by atomic mass is 10.2. The predicted octanol–water partition coefficient (Wildman–Crippen LogP) is 0.700. The van der Waals surface area contributed by atoms with E-state index >= 15 is 0 Å². The molecule has 2 aromatic rings. The maximum atomic E-state index is 11.9. The fraction of sp³-hybridized carbons (Fsp3) is 0.417. The highest BCUT2D eigenvalue weighted by Crippen LogP contribution is 2.06. The maximum absolute atomic E-state index is 11.9. The molecule has 6 nitrogen and oxygen atoms in total. The van der Waals surface area contributed by atoms with Crippen LogP contribution in [-0.4, -0.2) is 25.5 Å². The van der Waals surface area contributed by atoms with E-state index in [1.165, 1.54) is 0 Å². The molecular formula is C12H17N5O. The van der Waals surface area contributed by atoms with Crippen LogP contribution in [0.15, 0.2) is 12.3 Å². The number of nitrogens with one attached hydrogen (secondary N) is 1. The number of amides is 1. The van der Waals surface area contributed by atoms with Gasteiger partial charge in [-0.05, 0) is 19.9 Å². The normalized spacial score (nSPS) is 10.7. The van der Waals surface area contributed by atoms with Crippen LogP contribution in [-0.2, 0) is 20.6 Å². The van der Waals surface area contributed by atoms with Gasteiger partial charge in [0.25, 0.3) is 5.91 Å². The Hall–Kier alpha value is -2.11. The first-order valence-electron chi connectivity index (χ1n) is 5.75. The van der Waals surface area contributed by atoms with Crippen molar-refractivity contribution in [1.82, 2.24) is 24.9 Å². The number of carbonyl (C=O) groups is 1. The van der Waals surface area contributed by atoms with Crippen LogP contribution in [0, 0.1) is 13.8 Å². The second-order valence-electron chi connectivity index (χ2n) is 4.35. The lowest BCUT2D eigenvalue weighted by molar-refractivity contribution is 0.0949. The first kappa shape index (κ1) is 12.3. The summed E-state index contributed by atoms with van der Waals surface area (Å²) >= 11 is 0. The zero-order chi connectivity index (χ0) is 13.3. The average Bonchev–Trinajstić information content (AvgIpc) is 2.82. The average molecular weight is 247 g/mol. The fourth-order valence-corrected chi connectivity index (χ4v) is 1.71. The van der Waals surface area contributed by atoms with Crippen LogP contribution in [0.1, 0.15) is 27.4 Å². The van der Waals surface area contributed by atoms with E-state index in [1.807, 2.05) is 34.0 Å². The number of rotatable bonds is 3. The molecule has 0 saturated heterocycles. The highest BCUT2D eigenvalue weighted by atomic mass is 16.1. The van der Waals surface area contributed by atoms with Crippen LogP contribution in [0.4, 0.5) is 0 Å². The molecule has 18 heavy (non-hydrogen) atoms. The number of nitrogens with zero attached hydrogens (tertiary/aromatic N) is 4. The van der Waals surface area contributed by atoms with E-state index in [-0.39, 0.29) is 5.91 Å². The first-order chi connectivity index (χ1) is 8.49. The van der Waals surface area contributed by atoms with E-state index in [2.05, 4.69) is 15.5 Å². The van der Waals surface area contributed by atoms with Gasteiger partial charge in [0, 0.05) is 25.5 Å². The molecule has 0 atom stereocenters. The molecule has 0 aliphatic carbocycles. The molecule has 0 aliphatic rings. The van der Waals surface area contributed by atoms with Gasteiger partial charge in [-0.25, -0.2) is 0 Å². The summed E-state index contributed by atoms with van der Waals surface area (Å²) in [7, 11) is 3.69. The molecule has 0 aliphatic heterocycles. The standard InChI is InChI=1S/C12H17N5O/c1-8-5-10(15-16(8)3)6-13-12(18)11-7-14-17(4)9(11)2/h5,7H,6H2,1-4H3,(H,13,18). The van der Waals surface area contributed by atoms with Crippen LogP contribution >= 0.6 is 0 Å². The van der Waals surface area contributed by atoms with Gasteiger partial charge in [0.1, 0.15) is 0 Å². The summed E-state index contributed by atoms with van der Waals surface area (Å²) in [5.41, 5.74) is 3.37. The molecule has 6 heteroatoms. The van der Waals surface area contributed by atoms with Gasteiger partial charge in [-0.15, -0.1) is 0 Å². The molecule has 0 aromatic carbocycles. The topological polar surface area (TPSA) is 64.7 Å². The molecule has 0 bridgehead atoms. The summed E-state index contributed by atoms with van der Waals surface area (Å²) in [6.45, 7) is 4.27. The molecule has 0 saturated carbocycles. The zero-order valence-electron chi connectivity index (χ0n) is 11.1. The minimum Gasteiger partial charge on any atom is -0.346 e. The smallest absolute Gasteiger partial charge is 0.255 e. The van der Waals surface area contributed by atoms with Gasteiger partial charge in [0.05, 0.1) is 24.0 Å². The Morgan fingerprint density at radius 3 is 2.56 bits per heavy atom. The third kappa shape index (κ3) is 2.27. The molecule has 0 fully saturated rings. The molecule has 0 radical (unpaired) electrons. The Morgan fingerprint density at radius 2 is 2.06 bits per heavy atom. The lowest BCUT2D eigenvalue weighted by Gasteiger charge is -2.02. The van der Waals surface area contributed by atoms with Crippen molar-refractivity contribution in [2.24, 2.45) is 14.1 Å². The van der Waals surface area contributed by atoms with E-state index in [9.17, 15) is 4.79 Å². The highest BCUT2D eigenvalue weighted by molar-refractivity contribution is 5.94. The van der Waals surface area contributed by atoms with Gasteiger partial charge in [0.15, 0.2) is 0 Å². The first-order valence-corrected chi connectivity index (χ1v) is 5.75. The van der Waals surface area contributed by atoms with Crippen LogP contribution in [0.2, 0.25) is 0 Å². The Morgan fingerprint density at radius 1 is 1.33 bits per heavy atom. The minimum absolute atomic E-state index is 0.121. The summed E-state index contributed by atoms with van der Waals surface area (Å²) in [6, 6.07) is 1.95. The number of hydrogen-bond acceptors (Lipinski definition) is 3. The Labute approximate surface area is 106 Å². The van der Waals surface area contributed by atoms with Crippen LogP contribution in [0.25, 0.3) is 0 Å². The van der Waals surface area contributed by atoms with Crippen molar-refractivity contribution in [3.63, 3.8) is 0 Å². The molecule has 1 amide bonds.